The van der Waals surface area contributed by atoms with Crippen LogP contribution in [0.15, 0.2) is 41.3 Å². The number of ketones is 1. The summed E-state index contributed by atoms with van der Waals surface area (Å²) < 4.78 is 0. The maximum absolute atomic E-state index is 12.6. The molecule has 23 heavy (non-hydrogen) atoms. The van der Waals surface area contributed by atoms with E-state index in [4.69, 9.17) is 4.84 Å². The number of aliphatic hydroxyl groups is 1. The van der Waals surface area contributed by atoms with E-state index in [2.05, 4.69) is 23.9 Å². The van der Waals surface area contributed by atoms with Crippen LogP contribution in [-0.4, -0.2) is 23.2 Å². The lowest BCUT2D eigenvalue weighted by Gasteiger charge is -2.31. The van der Waals surface area contributed by atoms with Crippen LogP contribution in [0.5, 0.6) is 0 Å². The molecule has 0 aromatic heterocycles. The highest BCUT2D eigenvalue weighted by molar-refractivity contribution is 6.23. The maximum atomic E-state index is 12.6. The van der Waals surface area contributed by atoms with Crippen LogP contribution in [0.2, 0.25) is 0 Å². The molecular weight excluding hydrogens is 290 g/mol. The first-order valence-electron chi connectivity index (χ1n) is 8.57. The summed E-state index contributed by atoms with van der Waals surface area (Å²) in [7, 11) is 0. The molecule has 2 atom stereocenters. The lowest BCUT2D eigenvalue weighted by molar-refractivity contribution is -0.117. The summed E-state index contributed by atoms with van der Waals surface area (Å²) in [4.78, 5) is 17.8. The molecule has 0 saturated carbocycles. The van der Waals surface area contributed by atoms with E-state index < -0.39 is 0 Å². The van der Waals surface area contributed by atoms with Crippen molar-refractivity contribution < 1.29 is 14.7 Å². The summed E-state index contributed by atoms with van der Waals surface area (Å²) in [6, 6.07) is 0. The molecule has 0 heterocycles. The third-order valence-corrected chi connectivity index (χ3v) is 4.59. The minimum atomic E-state index is 0.00251. The minimum absolute atomic E-state index is 0.00251. The van der Waals surface area contributed by atoms with Gasteiger partial charge in [-0.25, -0.2) is 0 Å². The average molecular weight is 317 g/mol. The number of allylic oxidation sites excluding steroid dienone is 4. The molecule has 0 aliphatic heterocycles. The van der Waals surface area contributed by atoms with E-state index in [-0.39, 0.29) is 17.5 Å². The van der Waals surface area contributed by atoms with Gasteiger partial charge in [-0.05, 0) is 37.5 Å². The fraction of sp³-hybridized carbons (Fsp3) is 0.579. The highest BCUT2D eigenvalue weighted by atomic mass is 16.6. The molecule has 4 heteroatoms. The molecule has 0 radical (unpaired) electrons. The van der Waals surface area contributed by atoms with Gasteiger partial charge in [0.1, 0.15) is 12.4 Å². The molecule has 2 rings (SSSR count). The van der Waals surface area contributed by atoms with Gasteiger partial charge in [0.25, 0.3) is 0 Å². The third-order valence-electron chi connectivity index (χ3n) is 4.59. The number of nitrogens with zero attached hydrogens (tertiary/aromatic N) is 1. The van der Waals surface area contributed by atoms with E-state index in [1.54, 1.807) is 6.08 Å². The summed E-state index contributed by atoms with van der Waals surface area (Å²) in [6.45, 7) is 5.90. The number of hydrogen-bond acceptors (Lipinski definition) is 4. The van der Waals surface area contributed by atoms with Crippen LogP contribution in [0.1, 0.15) is 51.9 Å². The van der Waals surface area contributed by atoms with Crippen molar-refractivity contribution in [3.63, 3.8) is 0 Å². The Balaban J connectivity index is 2.16. The maximum Gasteiger partial charge on any atom is 0.168 e. The van der Waals surface area contributed by atoms with Gasteiger partial charge in [0.05, 0.1) is 11.3 Å². The topological polar surface area (TPSA) is 58.9 Å². The van der Waals surface area contributed by atoms with Crippen molar-refractivity contribution in [2.45, 2.75) is 51.9 Å². The van der Waals surface area contributed by atoms with Crippen molar-refractivity contribution in [1.82, 2.24) is 0 Å². The van der Waals surface area contributed by atoms with Gasteiger partial charge in [-0.3, -0.25) is 4.79 Å². The Kier molecular flexibility index (Phi) is 6.63. The van der Waals surface area contributed by atoms with E-state index >= 15 is 0 Å². The van der Waals surface area contributed by atoms with E-state index in [9.17, 15) is 9.90 Å². The van der Waals surface area contributed by atoms with Crippen LogP contribution < -0.4 is 0 Å². The van der Waals surface area contributed by atoms with Gasteiger partial charge in [0.2, 0.25) is 0 Å². The number of carbonyl (C=O) groups is 1. The van der Waals surface area contributed by atoms with E-state index in [1.165, 1.54) is 0 Å². The summed E-state index contributed by atoms with van der Waals surface area (Å²) >= 11 is 0. The molecule has 0 spiro atoms. The molecule has 0 fully saturated rings. The Morgan fingerprint density at radius 3 is 2.87 bits per heavy atom. The predicted octanol–water partition coefficient (Wildman–Crippen LogP) is 4.49. The minimum Gasteiger partial charge on any atom is -0.511 e. The largest absolute Gasteiger partial charge is 0.511 e. The van der Waals surface area contributed by atoms with Gasteiger partial charge in [0, 0.05) is 12.8 Å². The van der Waals surface area contributed by atoms with Crippen LogP contribution >= 0.6 is 0 Å². The third kappa shape index (κ3) is 4.57. The summed E-state index contributed by atoms with van der Waals surface area (Å²) in [5.41, 5.74) is 0.956. The Labute approximate surface area is 138 Å². The number of carbonyl (C=O) groups excluding carboxylic acids is 1. The van der Waals surface area contributed by atoms with Crippen LogP contribution in [0.4, 0.5) is 0 Å². The number of oxime groups is 1. The first-order valence-corrected chi connectivity index (χ1v) is 8.57. The van der Waals surface area contributed by atoms with E-state index in [0.29, 0.717) is 43.1 Å². The van der Waals surface area contributed by atoms with Crippen LogP contribution in [0.3, 0.4) is 0 Å². The molecule has 0 aromatic rings. The van der Waals surface area contributed by atoms with Crippen molar-refractivity contribution in [2.24, 2.45) is 17.0 Å². The molecule has 0 aromatic carbocycles. The van der Waals surface area contributed by atoms with Crippen molar-refractivity contribution >= 4 is 11.5 Å². The van der Waals surface area contributed by atoms with Crippen molar-refractivity contribution in [2.75, 3.05) is 6.61 Å². The number of hydrogen-bond donors (Lipinski definition) is 1. The zero-order valence-electron chi connectivity index (χ0n) is 14.0. The van der Waals surface area contributed by atoms with Gasteiger partial charge in [-0.2, -0.15) is 0 Å². The molecule has 2 aliphatic rings. The molecular formula is C19H27NO3. The highest BCUT2D eigenvalue weighted by Gasteiger charge is 2.34. The smallest absolute Gasteiger partial charge is 0.168 e. The standard InChI is InChI=1S/C19H27NO3/c1-3-8-16(20-23-11-4-2)19-17(21)12-15(13-18(19)22)14-9-6-5-7-10-14/h4-6,14-15,21H,2-3,7-13H2,1H3. The van der Waals surface area contributed by atoms with Crippen LogP contribution in [0.25, 0.3) is 0 Å². The monoisotopic (exact) mass is 317 g/mol. The summed E-state index contributed by atoms with van der Waals surface area (Å²) in [6.07, 6.45) is 11.7. The van der Waals surface area contributed by atoms with Crippen molar-refractivity contribution in [1.29, 1.82) is 0 Å². The zero-order chi connectivity index (χ0) is 16.7. The Morgan fingerprint density at radius 1 is 1.43 bits per heavy atom. The van der Waals surface area contributed by atoms with Gasteiger partial charge in [-0.1, -0.05) is 43.3 Å². The van der Waals surface area contributed by atoms with Gasteiger partial charge < -0.3 is 9.94 Å². The fourth-order valence-corrected chi connectivity index (χ4v) is 3.45. The second kappa shape index (κ2) is 8.70. The van der Waals surface area contributed by atoms with Crippen LogP contribution in [-0.2, 0) is 9.63 Å². The number of Topliss-reactive ketones (excluding diaryl/α,β-unsaturated/α-hetero) is 1. The average Bonchev–Trinajstić information content (AvgIpc) is 2.55. The molecule has 0 bridgehead atoms. The first-order chi connectivity index (χ1) is 11.2. The van der Waals surface area contributed by atoms with E-state index in [0.717, 1.165) is 25.7 Å². The van der Waals surface area contributed by atoms with Crippen molar-refractivity contribution in [3.05, 3.63) is 36.1 Å². The fourth-order valence-electron chi connectivity index (χ4n) is 3.45. The molecule has 1 N–H and O–H groups in total. The first kappa shape index (κ1) is 17.5. The predicted molar refractivity (Wildman–Crippen MR) is 92.4 cm³/mol. The molecule has 0 saturated heterocycles. The summed E-state index contributed by atoms with van der Waals surface area (Å²) in [5, 5.41) is 14.5. The molecule has 0 amide bonds. The Hall–Kier alpha value is -1.84. The lowest BCUT2D eigenvalue weighted by atomic mass is 9.74. The summed E-state index contributed by atoms with van der Waals surface area (Å²) in [5.74, 6) is 0.933. The highest BCUT2D eigenvalue weighted by Crippen LogP contribution is 2.37. The second-order valence-corrected chi connectivity index (χ2v) is 6.33. The van der Waals surface area contributed by atoms with Crippen LogP contribution in [0, 0.1) is 11.8 Å². The SMILES string of the molecule is C=CCON=C(CCC)C1=C(O)CC(C2CC=CCC2)CC1=O. The quantitative estimate of drug-likeness (QED) is 0.326. The second-order valence-electron chi connectivity index (χ2n) is 6.33. The Morgan fingerprint density at radius 2 is 2.26 bits per heavy atom. The number of rotatable bonds is 7. The zero-order valence-corrected chi connectivity index (χ0v) is 14.0. The lowest BCUT2D eigenvalue weighted by Crippen LogP contribution is -2.29. The number of aliphatic hydroxyl groups excluding tert-OH is 1. The van der Waals surface area contributed by atoms with Gasteiger partial charge in [-0.15, -0.1) is 0 Å². The molecule has 126 valence electrons. The molecule has 2 aliphatic carbocycles. The van der Waals surface area contributed by atoms with Gasteiger partial charge >= 0.3 is 0 Å². The van der Waals surface area contributed by atoms with Crippen molar-refractivity contribution in [3.8, 4) is 0 Å². The Bertz CT molecular complexity index is 531. The molecule has 4 nitrogen and oxygen atoms in total. The van der Waals surface area contributed by atoms with Gasteiger partial charge in [0.15, 0.2) is 5.78 Å². The normalized spacial score (nSPS) is 25.6. The van der Waals surface area contributed by atoms with E-state index in [1.807, 2.05) is 6.92 Å². The molecule has 2 unspecified atom stereocenters.